The van der Waals surface area contributed by atoms with Crippen molar-refractivity contribution in [1.29, 1.82) is 0 Å². The van der Waals surface area contributed by atoms with Crippen LogP contribution < -0.4 is 0 Å². The predicted molar refractivity (Wildman–Crippen MR) is 240 cm³/mol. The third-order valence-electron chi connectivity index (χ3n) is 11.0. The van der Waals surface area contributed by atoms with Crippen molar-refractivity contribution in [2.24, 2.45) is 0 Å². The van der Waals surface area contributed by atoms with Crippen LogP contribution in [0.25, 0.3) is 112 Å². The first-order valence-electron chi connectivity index (χ1n) is 19.7. The minimum atomic E-state index is 0.603. The van der Waals surface area contributed by atoms with Gasteiger partial charge in [0.2, 0.25) is 5.89 Å². The van der Waals surface area contributed by atoms with Gasteiger partial charge < -0.3 is 4.42 Å². The van der Waals surface area contributed by atoms with Gasteiger partial charge in [-0.1, -0.05) is 188 Å². The van der Waals surface area contributed by atoms with Crippen LogP contribution in [-0.4, -0.2) is 19.9 Å². The lowest BCUT2D eigenvalue weighted by Crippen LogP contribution is -2.00. The molecule has 59 heavy (non-hydrogen) atoms. The molecular weight excluding hydrogens is 721 g/mol. The monoisotopic (exact) mass is 754 g/mol. The maximum Gasteiger partial charge on any atom is 0.227 e. The minimum absolute atomic E-state index is 0.603. The van der Waals surface area contributed by atoms with Crippen molar-refractivity contribution in [3.63, 3.8) is 0 Å². The number of hydrogen-bond acceptors (Lipinski definition) is 5. The van der Waals surface area contributed by atoms with Gasteiger partial charge in [-0.2, -0.15) is 0 Å². The average molecular weight is 755 g/mol. The highest BCUT2D eigenvalue weighted by molar-refractivity contribution is 6.11. The molecule has 276 valence electrons. The smallest absolute Gasteiger partial charge is 0.227 e. The molecule has 5 nitrogen and oxygen atoms in total. The molecule has 0 unspecified atom stereocenters. The van der Waals surface area contributed by atoms with E-state index in [1.807, 2.05) is 42.5 Å². The molecule has 0 radical (unpaired) electrons. The van der Waals surface area contributed by atoms with Crippen molar-refractivity contribution in [2.75, 3.05) is 0 Å². The van der Waals surface area contributed by atoms with E-state index in [0.29, 0.717) is 23.4 Å². The Hall–Kier alpha value is -8.02. The molecule has 0 spiro atoms. The van der Waals surface area contributed by atoms with Gasteiger partial charge in [-0.25, -0.2) is 19.9 Å². The number of hydrogen-bond donors (Lipinski definition) is 0. The lowest BCUT2D eigenvalue weighted by molar-refractivity contribution is 0.623. The van der Waals surface area contributed by atoms with E-state index in [-0.39, 0.29) is 0 Å². The summed E-state index contributed by atoms with van der Waals surface area (Å²) in [4.78, 5) is 20.3. The molecule has 0 N–H and O–H groups in total. The molecule has 0 aliphatic rings. The molecule has 0 saturated carbocycles. The van der Waals surface area contributed by atoms with Gasteiger partial charge in [-0.3, -0.25) is 0 Å². The molecule has 9 aromatic carbocycles. The van der Waals surface area contributed by atoms with Crippen LogP contribution in [0, 0.1) is 0 Å². The van der Waals surface area contributed by atoms with Crippen LogP contribution in [0.15, 0.2) is 211 Å². The highest BCUT2D eigenvalue weighted by atomic mass is 16.3. The quantitative estimate of drug-likeness (QED) is 0.162. The Kier molecular flexibility index (Phi) is 8.41. The first kappa shape index (κ1) is 34.2. The van der Waals surface area contributed by atoms with Crippen LogP contribution in [0.5, 0.6) is 0 Å². The van der Waals surface area contributed by atoms with Crippen molar-refractivity contribution >= 4 is 32.6 Å². The third kappa shape index (κ3) is 6.32. The fraction of sp³-hybridized carbons (Fsp3) is 0. The summed E-state index contributed by atoms with van der Waals surface area (Å²) in [6.07, 6.45) is 0. The zero-order valence-corrected chi connectivity index (χ0v) is 31.8. The van der Waals surface area contributed by atoms with E-state index in [2.05, 4.69) is 164 Å². The van der Waals surface area contributed by atoms with Crippen LogP contribution in [0.1, 0.15) is 0 Å². The van der Waals surface area contributed by atoms with Crippen LogP contribution in [0.3, 0.4) is 0 Å². The molecule has 0 atom stereocenters. The van der Waals surface area contributed by atoms with Gasteiger partial charge in [0.1, 0.15) is 5.52 Å². The Bertz CT molecular complexity index is 3300. The summed E-state index contributed by atoms with van der Waals surface area (Å²) < 4.78 is 6.48. The molecule has 2 aromatic heterocycles. The van der Waals surface area contributed by atoms with Gasteiger partial charge in [-0.05, 0) is 67.7 Å². The van der Waals surface area contributed by atoms with E-state index >= 15 is 0 Å². The van der Waals surface area contributed by atoms with Crippen molar-refractivity contribution in [1.82, 2.24) is 19.9 Å². The first-order valence-corrected chi connectivity index (χ1v) is 19.7. The molecule has 0 bridgehead atoms. The second-order valence-corrected chi connectivity index (χ2v) is 14.6. The van der Waals surface area contributed by atoms with Crippen molar-refractivity contribution in [2.45, 2.75) is 0 Å². The molecule has 0 aliphatic carbocycles. The highest BCUT2D eigenvalue weighted by Gasteiger charge is 2.18. The fourth-order valence-electron chi connectivity index (χ4n) is 8.08. The Morgan fingerprint density at radius 1 is 0.288 bits per heavy atom. The molecule has 0 fully saturated rings. The van der Waals surface area contributed by atoms with E-state index in [1.54, 1.807) is 0 Å². The number of nitrogens with zero attached hydrogens (tertiary/aromatic N) is 4. The summed E-state index contributed by atoms with van der Waals surface area (Å²) in [5.74, 6) is 2.45. The number of oxazole rings is 1. The second-order valence-electron chi connectivity index (χ2n) is 14.6. The van der Waals surface area contributed by atoms with Crippen molar-refractivity contribution < 1.29 is 4.42 Å². The van der Waals surface area contributed by atoms with E-state index in [9.17, 15) is 0 Å². The largest absolute Gasteiger partial charge is 0.435 e. The van der Waals surface area contributed by atoms with Gasteiger partial charge in [0.15, 0.2) is 23.1 Å². The molecule has 11 aromatic rings. The van der Waals surface area contributed by atoms with Gasteiger partial charge in [-0.15, -0.1) is 0 Å². The summed E-state index contributed by atoms with van der Waals surface area (Å²) in [6.45, 7) is 0. The summed E-state index contributed by atoms with van der Waals surface area (Å²) >= 11 is 0. The Morgan fingerprint density at radius 3 is 1.44 bits per heavy atom. The summed E-state index contributed by atoms with van der Waals surface area (Å²) in [6, 6.07) is 71.2. The SMILES string of the molecule is c1ccc(-c2nc3ccc4cccc(-c5ccc(-c6nc(-c7ccc(-c8ccccc8-c8ccccc8)cc7)nc(-c7cccc8ccccc78)n6)cc5)c4c3o2)cc1. The second kappa shape index (κ2) is 14.5. The van der Waals surface area contributed by atoms with E-state index in [1.165, 1.54) is 16.7 Å². The summed E-state index contributed by atoms with van der Waals surface area (Å²) in [7, 11) is 0. The van der Waals surface area contributed by atoms with E-state index < -0.39 is 0 Å². The van der Waals surface area contributed by atoms with Gasteiger partial charge in [0.25, 0.3) is 0 Å². The third-order valence-corrected chi connectivity index (χ3v) is 11.0. The molecule has 11 rings (SSSR count). The predicted octanol–water partition coefficient (Wildman–Crippen LogP) is 14.0. The summed E-state index contributed by atoms with van der Waals surface area (Å²) in [5, 5.41) is 4.34. The lowest BCUT2D eigenvalue weighted by atomic mass is 9.94. The highest BCUT2D eigenvalue weighted by Crippen LogP contribution is 2.38. The fourth-order valence-corrected chi connectivity index (χ4v) is 8.08. The van der Waals surface area contributed by atoms with Crippen LogP contribution >= 0.6 is 0 Å². The molecule has 0 aliphatic heterocycles. The standard InChI is InChI=1S/C54H34N4O/c1-3-13-35(14-4-1)43-20-9-10-21-44(43)37-25-29-40(30-26-37)51-56-52(58-53(57-51)47-24-11-18-36-15-7-8-22-45(36)47)41-31-27-38(28-32-41)46-23-12-19-39-33-34-48-50(49(39)46)59-54(55-48)42-16-5-2-6-17-42/h1-34H. The van der Waals surface area contributed by atoms with Gasteiger partial charge >= 0.3 is 0 Å². The van der Waals surface area contributed by atoms with E-state index in [0.717, 1.165) is 71.6 Å². The summed E-state index contributed by atoms with van der Waals surface area (Å²) in [5.41, 5.74) is 12.1. The molecular formula is C54H34N4O. The normalized spacial score (nSPS) is 11.4. The number of aromatic nitrogens is 4. The van der Waals surface area contributed by atoms with Crippen LogP contribution in [0.4, 0.5) is 0 Å². The van der Waals surface area contributed by atoms with Gasteiger partial charge in [0.05, 0.1) is 0 Å². The first-order chi connectivity index (χ1) is 29.2. The lowest BCUT2D eigenvalue weighted by Gasteiger charge is -2.12. The maximum atomic E-state index is 6.48. The zero-order valence-electron chi connectivity index (χ0n) is 31.8. The number of fused-ring (bicyclic) bond motifs is 4. The molecule has 2 heterocycles. The molecule has 0 saturated heterocycles. The van der Waals surface area contributed by atoms with Crippen LogP contribution in [0.2, 0.25) is 0 Å². The Balaban J connectivity index is 1.01. The minimum Gasteiger partial charge on any atom is -0.435 e. The molecule has 0 amide bonds. The average Bonchev–Trinajstić information content (AvgIpc) is 3.77. The Labute approximate surface area is 341 Å². The van der Waals surface area contributed by atoms with Crippen molar-refractivity contribution in [3.8, 4) is 79.0 Å². The zero-order chi connectivity index (χ0) is 39.1. The van der Waals surface area contributed by atoms with Crippen LogP contribution in [-0.2, 0) is 0 Å². The van der Waals surface area contributed by atoms with Crippen molar-refractivity contribution in [3.05, 3.63) is 206 Å². The maximum absolute atomic E-state index is 6.48. The number of rotatable bonds is 7. The van der Waals surface area contributed by atoms with E-state index in [4.69, 9.17) is 24.4 Å². The Morgan fingerprint density at radius 2 is 0.763 bits per heavy atom. The van der Waals surface area contributed by atoms with Gasteiger partial charge in [0, 0.05) is 27.6 Å². The molecule has 5 heteroatoms. The topological polar surface area (TPSA) is 64.7 Å². The number of benzene rings is 9.